The van der Waals surface area contributed by atoms with Crippen LogP contribution in [-0.4, -0.2) is 24.5 Å². The summed E-state index contributed by atoms with van der Waals surface area (Å²) in [7, 11) is 0. The quantitative estimate of drug-likeness (QED) is 0.884. The Morgan fingerprint density at radius 1 is 1.25 bits per heavy atom. The fourth-order valence-electron chi connectivity index (χ4n) is 3.40. The highest BCUT2D eigenvalue weighted by atomic mass is 15.1. The second-order valence-electron chi connectivity index (χ2n) is 6.50. The molecule has 2 heteroatoms. The van der Waals surface area contributed by atoms with Crippen LogP contribution in [0, 0.1) is 19.8 Å². The minimum Gasteiger partial charge on any atom is -0.323 e. The van der Waals surface area contributed by atoms with Crippen molar-refractivity contribution in [2.75, 3.05) is 19.6 Å². The van der Waals surface area contributed by atoms with Crippen LogP contribution in [0.15, 0.2) is 18.2 Å². The Balaban J connectivity index is 1.89. The lowest BCUT2D eigenvalue weighted by molar-refractivity contribution is 0.170. The summed E-state index contributed by atoms with van der Waals surface area (Å²) in [6.45, 7) is 10.1. The van der Waals surface area contributed by atoms with E-state index in [4.69, 9.17) is 5.73 Å². The Morgan fingerprint density at radius 3 is 2.60 bits per heavy atom. The SMILES string of the molecule is CCCC1CCN(CC(N)c2cc(C)ccc2C)CC1. The van der Waals surface area contributed by atoms with E-state index in [1.807, 2.05) is 0 Å². The molecule has 0 radical (unpaired) electrons. The largest absolute Gasteiger partial charge is 0.323 e. The summed E-state index contributed by atoms with van der Waals surface area (Å²) in [5, 5.41) is 0. The van der Waals surface area contributed by atoms with E-state index in [0.717, 1.165) is 12.5 Å². The minimum absolute atomic E-state index is 0.151. The third kappa shape index (κ3) is 4.07. The van der Waals surface area contributed by atoms with Gasteiger partial charge in [-0.2, -0.15) is 0 Å². The van der Waals surface area contributed by atoms with Crippen molar-refractivity contribution in [2.45, 2.75) is 52.5 Å². The van der Waals surface area contributed by atoms with Gasteiger partial charge in [-0.3, -0.25) is 0 Å². The van der Waals surface area contributed by atoms with Crippen molar-refractivity contribution in [3.63, 3.8) is 0 Å². The zero-order valence-electron chi connectivity index (χ0n) is 13.4. The molecule has 0 spiro atoms. The molecule has 1 saturated heterocycles. The standard InChI is InChI=1S/C18H30N2/c1-4-5-16-8-10-20(11-9-16)13-18(19)17-12-14(2)6-7-15(17)3/h6-7,12,16,18H,4-5,8-11,13,19H2,1-3H3. The zero-order valence-corrected chi connectivity index (χ0v) is 13.4. The van der Waals surface area contributed by atoms with E-state index in [2.05, 4.69) is 43.9 Å². The molecular weight excluding hydrogens is 244 g/mol. The molecule has 0 saturated carbocycles. The zero-order chi connectivity index (χ0) is 14.5. The van der Waals surface area contributed by atoms with E-state index in [9.17, 15) is 0 Å². The number of hydrogen-bond acceptors (Lipinski definition) is 2. The van der Waals surface area contributed by atoms with Gasteiger partial charge in [0.25, 0.3) is 0 Å². The van der Waals surface area contributed by atoms with Gasteiger partial charge < -0.3 is 10.6 Å². The number of aryl methyl sites for hydroxylation is 2. The first kappa shape index (κ1) is 15.5. The first-order valence-corrected chi connectivity index (χ1v) is 8.15. The molecule has 1 aliphatic rings. The summed E-state index contributed by atoms with van der Waals surface area (Å²) >= 11 is 0. The molecule has 1 aliphatic heterocycles. The van der Waals surface area contributed by atoms with Crippen LogP contribution in [0.1, 0.15) is 55.3 Å². The molecule has 112 valence electrons. The van der Waals surface area contributed by atoms with Gasteiger partial charge in [-0.05, 0) is 56.8 Å². The number of hydrogen-bond donors (Lipinski definition) is 1. The number of rotatable bonds is 5. The number of benzene rings is 1. The molecule has 2 nitrogen and oxygen atoms in total. The number of likely N-dealkylation sites (tertiary alicyclic amines) is 1. The van der Waals surface area contributed by atoms with Gasteiger partial charge in [-0.15, -0.1) is 0 Å². The second kappa shape index (κ2) is 7.24. The van der Waals surface area contributed by atoms with E-state index in [0.29, 0.717) is 0 Å². The van der Waals surface area contributed by atoms with Gasteiger partial charge in [0.15, 0.2) is 0 Å². The lowest BCUT2D eigenvalue weighted by atomic mass is 9.92. The lowest BCUT2D eigenvalue weighted by Gasteiger charge is -2.33. The third-order valence-electron chi connectivity index (χ3n) is 4.69. The molecule has 2 N–H and O–H groups in total. The Kier molecular flexibility index (Phi) is 5.62. The topological polar surface area (TPSA) is 29.3 Å². The van der Waals surface area contributed by atoms with E-state index >= 15 is 0 Å². The average molecular weight is 274 g/mol. The first-order valence-electron chi connectivity index (χ1n) is 8.15. The molecule has 1 aromatic carbocycles. The molecule has 0 bridgehead atoms. The summed E-state index contributed by atoms with van der Waals surface area (Å²) in [6.07, 6.45) is 5.43. The van der Waals surface area contributed by atoms with Crippen molar-refractivity contribution in [1.82, 2.24) is 4.90 Å². The van der Waals surface area contributed by atoms with Crippen molar-refractivity contribution >= 4 is 0 Å². The van der Waals surface area contributed by atoms with Crippen molar-refractivity contribution < 1.29 is 0 Å². The highest BCUT2D eigenvalue weighted by Crippen LogP contribution is 2.24. The van der Waals surface area contributed by atoms with E-state index < -0.39 is 0 Å². The van der Waals surface area contributed by atoms with Crippen molar-refractivity contribution in [3.8, 4) is 0 Å². The predicted octanol–water partition coefficient (Wildman–Crippen LogP) is 3.82. The van der Waals surface area contributed by atoms with Gasteiger partial charge in [0.05, 0.1) is 0 Å². The molecular formula is C18H30N2. The van der Waals surface area contributed by atoms with Crippen LogP contribution < -0.4 is 5.73 Å². The van der Waals surface area contributed by atoms with Gasteiger partial charge in [0.1, 0.15) is 0 Å². The molecule has 0 amide bonds. The maximum atomic E-state index is 6.45. The maximum absolute atomic E-state index is 6.45. The van der Waals surface area contributed by atoms with E-state index in [-0.39, 0.29) is 6.04 Å². The summed E-state index contributed by atoms with van der Waals surface area (Å²) in [4.78, 5) is 2.55. The smallest absolute Gasteiger partial charge is 0.0427 e. The highest BCUT2D eigenvalue weighted by Gasteiger charge is 2.21. The van der Waals surface area contributed by atoms with Gasteiger partial charge in [-0.1, -0.05) is 43.5 Å². The monoisotopic (exact) mass is 274 g/mol. The van der Waals surface area contributed by atoms with Crippen LogP contribution in [0.3, 0.4) is 0 Å². The number of nitrogens with zero attached hydrogens (tertiary/aromatic N) is 1. The second-order valence-corrected chi connectivity index (χ2v) is 6.50. The van der Waals surface area contributed by atoms with Crippen LogP contribution in [0.25, 0.3) is 0 Å². The normalized spacial score (nSPS) is 19.2. The molecule has 1 heterocycles. The van der Waals surface area contributed by atoms with Crippen molar-refractivity contribution in [2.24, 2.45) is 11.7 Å². The lowest BCUT2D eigenvalue weighted by Crippen LogP contribution is -2.38. The number of piperidine rings is 1. The van der Waals surface area contributed by atoms with Gasteiger partial charge in [0, 0.05) is 12.6 Å². The highest BCUT2D eigenvalue weighted by molar-refractivity contribution is 5.33. The van der Waals surface area contributed by atoms with Crippen LogP contribution in [-0.2, 0) is 0 Å². The first-order chi connectivity index (χ1) is 9.60. The minimum atomic E-state index is 0.151. The fraction of sp³-hybridized carbons (Fsp3) is 0.667. The molecule has 0 aromatic heterocycles. The predicted molar refractivity (Wildman–Crippen MR) is 86.9 cm³/mol. The third-order valence-corrected chi connectivity index (χ3v) is 4.69. The summed E-state index contributed by atoms with van der Waals surface area (Å²) in [5.74, 6) is 0.952. The average Bonchev–Trinajstić information content (AvgIpc) is 2.44. The molecule has 1 atom stereocenters. The van der Waals surface area contributed by atoms with Crippen LogP contribution in [0.4, 0.5) is 0 Å². The summed E-state index contributed by atoms with van der Waals surface area (Å²) < 4.78 is 0. The maximum Gasteiger partial charge on any atom is 0.0427 e. The Bertz CT molecular complexity index is 419. The van der Waals surface area contributed by atoms with Crippen LogP contribution in [0.2, 0.25) is 0 Å². The molecule has 20 heavy (non-hydrogen) atoms. The molecule has 1 fully saturated rings. The Labute approximate surface area is 124 Å². The van der Waals surface area contributed by atoms with Gasteiger partial charge >= 0.3 is 0 Å². The fourth-order valence-corrected chi connectivity index (χ4v) is 3.40. The Morgan fingerprint density at radius 2 is 1.95 bits per heavy atom. The van der Waals surface area contributed by atoms with E-state index in [1.54, 1.807) is 0 Å². The molecule has 0 aliphatic carbocycles. The van der Waals surface area contributed by atoms with Crippen molar-refractivity contribution in [1.29, 1.82) is 0 Å². The van der Waals surface area contributed by atoms with Crippen LogP contribution in [0.5, 0.6) is 0 Å². The van der Waals surface area contributed by atoms with Gasteiger partial charge in [0.2, 0.25) is 0 Å². The van der Waals surface area contributed by atoms with Gasteiger partial charge in [-0.25, -0.2) is 0 Å². The number of nitrogens with two attached hydrogens (primary N) is 1. The van der Waals surface area contributed by atoms with Crippen LogP contribution >= 0.6 is 0 Å². The van der Waals surface area contributed by atoms with E-state index in [1.165, 1.54) is 55.5 Å². The van der Waals surface area contributed by atoms with Crippen molar-refractivity contribution in [3.05, 3.63) is 34.9 Å². The molecule has 1 unspecified atom stereocenters. The Hall–Kier alpha value is -0.860. The molecule has 2 rings (SSSR count). The summed E-state index contributed by atoms with van der Waals surface area (Å²) in [5.41, 5.74) is 10.4. The summed E-state index contributed by atoms with van der Waals surface area (Å²) in [6, 6.07) is 6.77. The molecule has 1 aromatic rings.